The number of carbonyl (C=O) groups excluding carboxylic acids is 1. The highest BCUT2D eigenvalue weighted by Crippen LogP contribution is 2.23. The molecule has 1 unspecified atom stereocenters. The highest BCUT2D eigenvalue weighted by atomic mass is 16.5. The van der Waals surface area contributed by atoms with Crippen molar-refractivity contribution in [2.75, 3.05) is 7.11 Å². The summed E-state index contributed by atoms with van der Waals surface area (Å²) in [6.45, 7) is 3.75. The number of amides is 1. The SMILES string of the molecule is COc1ccc(C(C)C(=O)NN)cc1C. The van der Waals surface area contributed by atoms with Crippen LogP contribution in [-0.4, -0.2) is 13.0 Å². The third-order valence-corrected chi connectivity index (χ3v) is 2.45. The molecule has 1 aromatic rings. The molecule has 0 spiro atoms. The molecule has 3 N–H and O–H groups in total. The predicted molar refractivity (Wildman–Crippen MR) is 58.5 cm³/mol. The number of aryl methyl sites for hydroxylation is 1. The zero-order chi connectivity index (χ0) is 11.4. The molecule has 0 radical (unpaired) electrons. The smallest absolute Gasteiger partial charge is 0.241 e. The van der Waals surface area contributed by atoms with Crippen molar-refractivity contribution in [1.29, 1.82) is 0 Å². The predicted octanol–water partition coefficient (Wildman–Crippen LogP) is 1.10. The van der Waals surface area contributed by atoms with Crippen molar-refractivity contribution in [3.8, 4) is 5.75 Å². The number of hydrogen-bond acceptors (Lipinski definition) is 3. The summed E-state index contributed by atoms with van der Waals surface area (Å²) in [7, 11) is 1.62. The second-order valence-electron chi connectivity index (χ2n) is 3.46. The summed E-state index contributed by atoms with van der Waals surface area (Å²) >= 11 is 0. The molecule has 1 amide bonds. The van der Waals surface area contributed by atoms with Gasteiger partial charge in [0.2, 0.25) is 5.91 Å². The Morgan fingerprint density at radius 3 is 2.67 bits per heavy atom. The van der Waals surface area contributed by atoms with Crippen LogP contribution in [0.3, 0.4) is 0 Å². The van der Waals surface area contributed by atoms with Gasteiger partial charge >= 0.3 is 0 Å². The van der Waals surface area contributed by atoms with Crippen LogP contribution >= 0.6 is 0 Å². The molecule has 0 saturated carbocycles. The van der Waals surface area contributed by atoms with Gasteiger partial charge in [0.05, 0.1) is 13.0 Å². The average molecular weight is 208 g/mol. The second-order valence-corrected chi connectivity index (χ2v) is 3.46. The van der Waals surface area contributed by atoms with Crippen molar-refractivity contribution in [1.82, 2.24) is 5.43 Å². The van der Waals surface area contributed by atoms with Crippen molar-refractivity contribution in [2.45, 2.75) is 19.8 Å². The second kappa shape index (κ2) is 4.79. The molecular formula is C11H16N2O2. The molecule has 1 aromatic carbocycles. The number of methoxy groups -OCH3 is 1. The topological polar surface area (TPSA) is 64.3 Å². The Labute approximate surface area is 89.4 Å². The van der Waals surface area contributed by atoms with Crippen LogP contribution in [0.1, 0.15) is 24.0 Å². The molecule has 1 atom stereocenters. The molecule has 0 fully saturated rings. The van der Waals surface area contributed by atoms with E-state index in [-0.39, 0.29) is 11.8 Å². The highest BCUT2D eigenvalue weighted by molar-refractivity contribution is 5.82. The minimum atomic E-state index is -0.250. The van der Waals surface area contributed by atoms with E-state index < -0.39 is 0 Å². The van der Waals surface area contributed by atoms with Crippen LogP contribution in [0, 0.1) is 6.92 Å². The standard InChI is InChI=1S/C11H16N2O2/c1-7-6-9(4-5-10(7)15-3)8(2)11(14)13-12/h4-6,8H,12H2,1-3H3,(H,13,14). The third-order valence-electron chi connectivity index (χ3n) is 2.45. The first-order valence-corrected chi connectivity index (χ1v) is 4.75. The van der Waals surface area contributed by atoms with E-state index in [1.54, 1.807) is 7.11 Å². The maximum atomic E-state index is 11.3. The number of nitrogens with two attached hydrogens (primary N) is 1. The maximum Gasteiger partial charge on any atom is 0.241 e. The quantitative estimate of drug-likeness (QED) is 0.444. The van der Waals surface area contributed by atoms with Crippen LogP contribution in [0.2, 0.25) is 0 Å². The Kier molecular flexibility index (Phi) is 3.68. The molecule has 0 bridgehead atoms. The van der Waals surface area contributed by atoms with Crippen molar-refractivity contribution in [3.63, 3.8) is 0 Å². The van der Waals surface area contributed by atoms with Crippen LogP contribution in [0.4, 0.5) is 0 Å². The van der Waals surface area contributed by atoms with Crippen LogP contribution in [0.15, 0.2) is 18.2 Å². The summed E-state index contributed by atoms with van der Waals surface area (Å²) in [5, 5.41) is 0. The Hall–Kier alpha value is -1.55. The minimum absolute atomic E-state index is 0.195. The zero-order valence-electron chi connectivity index (χ0n) is 9.20. The summed E-state index contributed by atoms with van der Waals surface area (Å²) in [6, 6.07) is 5.65. The zero-order valence-corrected chi connectivity index (χ0v) is 9.20. The summed E-state index contributed by atoms with van der Waals surface area (Å²) < 4.78 is 5.14. The molecular weight excluding hydrogens is 192 g/mol. The molecule has 82 valence electrons. The monoisotopic (exact) mass is 208 g/mol. The van der Waals surface area contributed by atoms with Crippen LogP contribution in [0.25, 0.3) is 0 Å². The first-order valence-electron chi connectivity index (χ1n) is 4.75. The van der Waals surface area contributed by atoms with Crippen molar-refractivity contribution in [3.05, 3.63) is 29.3 Å². The largest absolute Gasteiger partial charge is 0.496 e. The lowest BCUT2D eigenvalue weighted by molar-refractivity contribution is -0.122. The molecule has 0 saturated heterocycles. The maximum absolute atomic E-state index is 11.3. The number of nitrogens with one attached hydrogen (secondary N) is 1. The van der Waals surface area contributed by atoms with E-state index in [2.05, 4.69) is 5.43 Å². The fourth-order valence-electron chi connectivity index (χ4n) is 1.45. The third kappa shape index (κ3) is 2.47. The molecule has 4 nitrogen and oxygen atoms in total. The van der Waals surface area contributed by atoms with Gasteiger partial charge < -0.3 is 4.74 Å². The Morgan fingerprint density at radius 1 is 1.53 bits per heavy atom. The lowest BCUT2D eigenvalue weighted by atomic mass is 9.98. The van der Waals surface area contributed by atoms with Gasteiger partial charge in [-0.2, -0.15) is 0 Å². The van der Waals surface area contributed by atoms with Gasteiger partial charge in [-0.3, -0.25) is 10.2 Å². The van der Waals surface area contributed by atoms with Gasteiger partial charge in [0.25, 0.3) is 0 Å². The average Bonchev–Trinajstić information content (AvgIpc) is 2.26. The van der Waals surface area contributed by atoms with Crippen LogP contribution in [-0.2, 0) is 4.79 Å². The van der Waals surface area contributed by atoms with Gasteiger partial charge in [0.15, 0.2) is 0 Å². The van der Waals surface area contributed by atoms with E-state index >= 15 is 0 Å². The molecule has 0 aromatic heterocycles. The number of rotatable bonds is 3. The molecule has 0 aliphatic rings. The number of ether oxygens (including phenoxy) is 1. The minimum Gasteiger partial charge on any atom is -0.496 e. The lowest BCUT2D eigenvalue weighted by Crippen LogP contribution is -2.33. The summed E-state index contributed by atoms with van der Waals surface area (Å²) in [5.41, 5.74) is 4.07. The normalized spacial score (nSPS) is 12.0. The Morgan fingerprint density at radius 2 is 2.20 bits per heavy atom. The van der Waals surface area contributed by atoms with E-state index in [0.29, 0.717) is 0 Å². The molecule has 0 aliphatic heterocycles. The van der Waals surface area contributed by atoms with Gasteiger partial charge in [-0.25, -0.2) is 5.84 Å². The molecule has 0 heterocycles. The van der Waals surface area contributed by atoms with E-state index in [0.717, 1.165) is 16.9 Å². The number of hydrazine groups is 1. The van der Waals surface area contributed by atoms with Gasteiger partial charge in [-0.15, -0.1) is 0 Å². The van der Waals surface area contributed by atoms with Gasteiger partial charge in [-0.05, 0) is 31.0 Å². The van der Waals surface area contributed by atoms with E-state index in [1.165, 1.54) is 0 Å². The van der Waals surface area contributed by atoms with Crippen LogP contribution in [0.5, 0.6) is 5.75 Å². The van der Waals surface area contributed by atoms with Gasteiger partial charge in [-0.1, -0.05) is 12.1 Å². The van der Waals surface area contributed by atoms with Crippen molar-refractivity contribution < 1.29 is 9.53 Å². The van der Waals surface area contributed by atoms with Gasteiger partial charge in [0.1, 0.15) is 5.75 Å². The molecule has 0 aliphatic carbocycles. The Bertz CT molecular complexity index is 364. The van der Waals surface area contributed by atoms with E-state index in [9.17, 15) is 4.79 Å². The fraction of sp³-hybridized carbons (Fsp3) is 0.364. The van der Waals surface area contributed by atoms with Crippen LogP contribution < -0.4 is 16.0 Å². The number of benzene rings is 1. The Balaban J connectivity index is 2.97. The number of carbonyl (C=O) groups is 1. The van der Waals surface area contributed by atoms with Gasteiger partial charge in [0, 0.05) is 0 Å². The number of hydrogen-bond donors (Lipinski definition) is 2. The summed E-state index contributed by atoms with van der Waals surface area (Å²) in [4.78, 5) is 11.3. The first kappa shape index (κ1) is 11.5. The molecule has 15 heavy (non-hydrogen) atoms. The lowest BCUT2D eigenvalue weighted by Gasteiger charge is -2.12. The van der Waals surface area contributed by atoms with E-state index in [4.69, 9.17) is 10.6 Å². The highest BCUT2D eigenvalue weighted by Gasteiger charge is 2.14. The summed E-state index contributed by atoms with van der Waals surface area (Å²) in [6.07, 6.45) is 0. The molecule has 1 rings (SSSR count). The first-order chi connectivity index (χ1) is 7.10. The summed E-state index contributed by atoms with van der Waals surface area (Å²) in [5.74, 6) is 5.45. The fourth-order valence-corrected chi connectivity index (χ4v) is 1.45. The van der Waals surface area contributed by atoms with Crippen molar-refractivity contribution >= 4 is 5.91 Å². The van der Waals surface area contributed by atoms with Crippen molar-refractivity contribution in [2.24, 2.45) is 5.84 Å². The van der Waals surface area contributed by atoms with E-state index in [1.807, 2.05) is 32.0 Å². The molecule has 4 heteroatoms.